The number of carboxylic acids is 1. The van der Waals surface area contributed by atoms with Crippen LogP contribution in [0.1, 0.15) is 6.42 Å². The van der Waals surface area contributed by atoms with Crippen molar-refractivity contribution >= 4 is 11.9 Å². The Bertz CT molecular complexity index is 155. The zero-order valence-electron chi connectivity index (χ0n) is 5.82. The minimum atomic E-state index is -0.989. The molecule has 0 amide bonds. The van der Waals surface area contributed by atoms with Gasteiger partial charge in [0.1, 0.15) is 6.61 Å². The molecule has 0 aromatic rings. The molecule has 0 aromatic carbocycles. The third-order valence-corrected chi connectivity index (χ3v) is 0.727. The zero-order chi connectivity index (χ0) is 7.98. The summed E-state index contributed by atoms with van der Waals surface area (Å²) in [5.41, 5.74) is 0. The zero-order valence-corrected chi connectivity index (χ0v) is 8.02. The summed E-state index contributed by atoms with van der Waals surface area (Å²) in [6.07, 6.45) is 0.821. The molecule has 61 valence electrons. The summed E-state index contributed by atoms with van der Waals surface area (Å²) in [5, 5.41) is 8.08. The Morgan fingerprint density at radius 1 is 1.55 bits per heavy atom. The van der Waals surface area contributed by atoms with Crippen LogP contribution in [-0.2, 0) is 36.7 Å². The molecule has 0 unspecified atom stereocenters. The van der Waals surface area contributed by atoms with E-state index in [0.717, 1.165) is 6.08 Å². The normalized spacial score (nSPS) is 7.64. The Morgan fingerprint density at radius 3 is 2.45 bits per heavy atom. The van der Waals surface area contributed by atoms with Gasteiger partial charge in [-0.25, -0.2) is 4.79 Å². The van der Waals surface area contributed by atoms with Gasteiger partial charge in [0.2, 0.25) is 0 Å². The molecular formula is C6H8NbO4. The number of aliphatic carboxylic acids is 1. The molecule has 11 heavy (non-hydrogen) atoms. The van der Waals surface area contributed by atoms with Crippen molar-refractivity contribution in [1.82, 2.24) is 0 Å². The van der Waals surface area contributed by atoms with Gasteiger partial charge < -0.3 is 9.84 Å². The van der Waals surface area contributed by atoms with Crippen LogP contribution in [0.5, 0.6) is 0 Å². The minimum absolute atomic E-state index is 0. The second kappa shape index (κ2) is 7.53. The molecule has 0 aliphatic heterocycles. The molecule has 0 saturated heterocycles. The van der Waals surface area contributed by atoms with Crippen LogP contribution in [0, 0.1) is 0 Å². The Morgan fingerprint density at radius 2 is 2.09 bits per heavy atom. The second-order valence-electron chi connectivity index (χ2n) is 1.52. The van der Waals surface area contributed by atoms with Gasteiger partial charge in [-0.05, 0) is 0 Å². The van der Waals surface area contributed by atoms with Crippen molar-refractivity contribution in [1.29, 1.82) is 0 Å². The molecule has 1 radical (unpaired) electrons. The summed E-state index contributed by atoms with van der Waals surface area (Å²) in [6.45, 7) is 3.04. The van der Waals surface area contributed by atoms with Crippen molar-refractivity contribution in [2.45, 2.75) is 6.42 Å². The van der Waals surface area contributed by atoms with E-state index in [4.69, 9.17) is 5.11 Å². The SMILES string of the molecule is C=CC(=O)OCCC(=O)O.[Nb]. The van der Waals surface area contributed by atoms with Crippen LogP contribution in [0.4, 0.5) is 0 Å². The van der Waals surface area contributed by atoms with E-state index in [1.165, 1.54) is 0 Å². The average molecular weight is 237 g/mol. The molecule has 0 aromatic heterocycles. The molecule has 0 spiro atoms. The first-order valence-corrected chi connectivity index (χ1v) is 2.68. The quantitative estimate of drug-likeness (QED) is 0.430. The molecule has 0 rings (SSSR count). The predicted octanol–water partition coefficient (Wildman–Crippen LogP) is 0.188. The van der Waals surface area contributed by atoms with Crippen LogP contribution in [-0.4, -0.2) is 23.7 Å². The number of hydrogen-bond donors (Lipinski definition) is 1. The van der Waals surface area contributed by atoms with Crippen LogP contribution in [0.15, 0.2) is 12.7 Å². The standard InChI is InChI=1S/C6H8O4.Nb/c1-2-6(9)10-4-3-5(7)8;/h2H,1,3-4H2,(H,7,8);. The summed E-state index contributed by atoms with van der Waals surface area (Å²) >= 11 is 0. The smallest absolute Gasteiger partial charge is 0.330 e. The van der Waals surface area contributed by atoms with Crippen LogP contribution in [0.2, 0.25) is 0 Å². The van der Waals surface area contributed by atoms with Crippen molar-refractivity contribution < 1.29 is 41.8 Å². The Labute approximate surface area is 79.7 Å². The number of rotatable bonds is 4. The second-order valence-corrected chi connectivity index (χ2v) is 1.52. The molecule has 1 N–H and O–H groups in total. The summed E-state index contributed by atoms with van der Waals surface area (Å²) in [5.74, 6) is -1.59. The van der Waals surface area contributed by atoms with Gasteiger partial charge in [-0.1, -0.05) is 6.58 Å². The van der Waals surface area contributed by atoms with E-state index in [-0.39, 0.29) is 35.4 Å². The van der Waals surface area contributed by atoms with Crippen molar-refractivity contribution in [3.63, 3.8) is 0 Å². The first kappa shape index (κ1) is 13.0. The van der Waals surface area contributed by atoms with Gasteiger partial charge in [0.05, 0.1) is 6.42 Å². The topological polar surface area (TPSA) is 63.6 Å². The van der Waals surface area contributed by atoms with Crippen LogP contribution in [0.3, 0.4) is 0 Å². The molecule has 4 nitrogen and oxygen atoms in total. The van der Waals surface area contributed by atoms with E-state index in [1.54, 1.807) is 0 Å². The summed E-state index contributed by atoms with van der Waals surface area (Å²) in [6, 6.07) is 0. The summed E-state index contributed by atoms with van der Waals surface area (Å²) in [4.78, 5) is 20.1. The number of esters is 1. The molecular weight excluding hydrogens is 229 g/mol. The molecule has 0 aliphatic rings. The first-order chi connectivity index (χ1) is 4.66. The van der Waals surface area contributed by atoms with Gasteiger partial charge in [0.25, 0.3) is 0 Å². The maximum atomic E-state index is 10.3. The molecule has 0 atom stereocenters. The Hall–Kier alpha value is -0.580. The largest absolute Gasteiger partial charge is 0.481 e. The minimum Gasteiger partial charge on any atom is -0.481 e. The molecule has 0 bridgehead atoms. The van der Waals surface area contributed by atoms with Crippen molar-refractivity contribution in [3.05, 3.63) is 12.7 Å². The summed E-state index contributed by atoms with van der Waals surface area (Å²) in [7, 11) is 0. The predicted molar refractivity (Wildman–Crippen MR) is 33.4 cm³/mol. The first-order valence-electron chi connectivity index (χ1n) is 2.68. The van der Waals surface area contributed by atoms with E-state index in [9.17, 15) is 9.59 Å². The number of carbonyl (C=O) groups is 2. The number of ether oxygens (including phenoxy) is 1. The third-order valence-electron chi connectivity index (χ3n) is 0.727. The van der Waals surface area contributed by atoms with E-state index in [0.29, 0.717) is 0 Å². The molecule has 0 saturated carbocycles. The van der Waals surface area contributed by atoms with Gasteiger partial charge in [-0.15, -0.1) is 0 Å². The van der Waals surface area contributed by atoms with Crippen molar-refractivity contribution in [3.8, 4) is 0 Å². The maximum Gasteiger partial charge on any atom is 0.330 e. The summed E-state index contributed by atoms with van der Waals surface area (Å²) < 4.78 is 4.36. The maximum absolute atomic E-state index is 10.3. The molecule has 0 heterocycles. The Kier molecular flexibility index (Phi) is 8.92. The monoisotopic (exact) mass is 237 g/mol. The Balaban J connectivity index is 0. The van der Waals surface area contributed by atoms with E-state index < -0.39 is 11.9 Å². The fourth-order valence-electron chi connectivity index (χ4n) is 0.298. The number of carbonyl (C=O) groups excluding carboxylic acids is 1. The van der Waals surface area contributed by atoms with Crippen LogP contribution < -0.4 is 0 Å². The number of hydrogen-bond acceptors (Lipinski definition) is 3. The van der Waals surface area contributed by atoms with Gasteiger partial charge >= 0.3 is 11.9 Å². The average Bonchev–Trinajstić information content (AvgIpc) is 1.87. The number of carboxylic acid groups (broad SMARTS) is 1. The molecule has 0 aliphatic carbocycles. The van der Waals surface area contributed by atoms with Crippen LogP contribution in [0.25, 0.3) is 0 Å². The molecule has 0 fully saturated rings. The van der Waals surface area contributed by atoms with E-state index >= 15 is 0 Å². The van der Waals surface area contributed by atoms with Crippen molar-refractivity contribution in [2.75, 3.05) is 6.61 Å². The van der Waals surface area contributed by atoms with Gasteiger partial charge in [-0.3, -0.25) is 4.79 Å². The van der Waals surface area contributed by atoms with E-state index in [2.05, 4.69) is 11.3 Å². The van der Waals surface area contributed by atoms with Gasteiger partial charge in [-0.2, -0.15) is 0 Å². The van der Waals surface area contributed by atoms with Gasteiger partial charge in [0, 0.05) is 28.5 Å². The van der Waals surface area contributed by atoms with Gasteiger partial charge in [0.15, 0.2) is 0 Å². The van der Waals surface area contributed by atoms with E-state index in [1.807, 2.05) is 0 Å². The van der Waals surface area contributed by atoms with Crippen molar-refractivity contribution in [2.24, 2.45) is 0 Å². The fraction of sp³-hybridized carbons (Fsp3) is 0.333. The fourth-order valence-corrected chi connectivity index (χ4v) is 0.298. The van der Waals surface area contributed by atoms with Crippen LogP contribution >= 0.6 is 0 Å². The third kappa shape index (κ3) is 9.42. The molecule has 5 heteroatoms.